The van der Waals surface area contributed by atoms with Crippen LogP contribution < -0.4 is 10.6 Å². The van der Waals surface area contributed by atoms with Gasteiger partial charge in [-0.15, -0.1) is 12.4 Å². The molecular weight excluding hydrogens is 398 g/mol. The molecule has 7 heteroatoms. The van der Waals surface area contributed by atoms with Gasteiger partial charge in [0.05, 0.1) is 6.04 Å². The predicted molar refractivity (Wildman–Crippen MR) is 122 cm³/mol. The van der Waals surface area contributed by atoms with E-state index in [-0.39, 0.29) is 18.3 Å². The molecule has 1 atom stereocenters. The fourth-order valence-corrected chi connectivity index (χ4v) is 4.39. The topological polar surface area (TPSA) is 62.2 Å². The summed E-state index contributed by atoms with van der Waals surface area (Å²) in [5.74, 6) is -0.106. The summed E-state index contributed by atoms with van der Waals surface area (Å²) >= 11 is 0. The fraction of sp³-hybridized carbons (Fsp3) is 0.565. The Morgan fingerprint density at radius 1 is 1.10 bits per heavy atom. The molecule has 0 spiro atoms. The van der Waals surface area contributed by atoms with E-state index in [1.165, 1.54) is 44.3 Å². The molecule has 164 valence electrons. The van der Waals surface area contributed by atoms with Crippen molar-refractivity contribution in [3.63, 3.8) is 0 Å². The Morgan fingerprint density at radius 2 is 1.90 bits per heavy atom. The Bertz CT molecular complexity index is 794. The number of nitrogens with one attached hydrogen (secondary N) is 2. The van der Waals surface area contributed by atoms with Crippen LogP contribution in [0.4, 0.5) is 0 Å². The average molecular weight is 432 g/mol. The van der Waals surface area contributed by atoms with Crippen molar-refractivity contribution in [2.24, 2.45) is 0 Å². The molecule has 1 amide bonds. The quantitative estimate of drug-likeness (QED) is 0.734. The Labute approximate surface area is 185 Å². The minimum absolute atomic E-state index is 0. The van der Waals surface area contributed by atoms with Gasteiger partial charge in [0.2, 0.25) is 0 Å². The molecule has 0 bridgehead atoms. The standard InChI is InChI=1S/C23H33N5O.ClH/c29-23(22-10-14-28(26-22)21-9-6-11-24-17-21)25-16-19-7-5-8-20(15-19)18-27-12-3-1-2-4-13-27;/h5,7-8,10,14-15,21,24H,1-4,6,9,11-13,16-18H2,(H,25,29);1H. The number of halogens is 1. The van der Waals surface area contributed by atoms with Gasteiger partial charge in [-0.1, -0.05) is 37.1 Å². The van der Waals surface area contributed by atoms with Gasteiger partial charge in [0.1, 0.15) is 5.69 Å². The lowest BCUT2D eigenvalue weighted by molar-refractivity contribution is 0.0944. The van der Waals surface area contributed by atoms with E-state index in [9.17, 15) is 4.79 Å². The SMILES string of the molecule is Cl.O=C(NCc1cccc(CN2CCCCCC2)c1)c1ccn(C2CCCNC2)n1. The molecular formula is C23H34ClN5O. The van der Waals surface area contributed by atoms with Gasteiger partial charge in [0.25, 0.3) is 5.91 Å². The molecule has 2 aromatic rings. The highest BCUT2D eigenvalue weighted by Crippen LogP contribution is 2.16. The van der Waals surface area contributed by atoms with Crippen LogP contribution in [0.2, 0.25) is 0 Å². The van der Waals surface area contributed by atoms with Crippen LogP contribution in [0.25, 0.3) is 0 Å². The summed E-state index contributed by atoms with van der Waals surface area (Å²) in [5.41, 5.74) is 2.96. The molecule has 2 saturated heterocycles. The number of hydrogen-bond acceptors (Lipinski definition) is 4. The number of carbonyl (C=O) groups excluding carboxylic acids is 1. The van der Waals surface area contributed by atoms with Gasteiger partial charge in [-0.25, -0.2) is 0 Å². The second-order valence-corrected chi connectivity index (χ2v) is 8.37. The van der Waals surface area contributed by atoms with Crippen LogP contribution in [0.1, 0.15) is 66.2 Å². The molecule has 3 heterocycles. The highest BCUT2D eigenvalue weighted by molar-refractivity contribution is 5.92. The summed E-state index contributed by atoms with van der Waals surface area (Å²) in [6, 6.07) is 10.8. The summed E-state index contributed by atoms with van der Waals surface area (Å²) in [5, 5.41) is 10.9. The molecule has 1 aromatic heterocycles. The molecule has 0 aliphatic carbocycles. The number of nitrogens with zero attached hydrogens (tertiary/aromatic N) is 3. The Kier molecular flexibility index (Phi) is 8.73. The smallest absolute Gasteiger partial charge is 0.272 e. The summed E-state index contributed by atoms with van der Waals surface area (Å²) in [4.78, 5) is 15.1. The second kappa shape index (κ2) is 11.5. The summed E-state index contributed by atoms with van der Waals surface area (Å²) in [6.45, 7) is 5.92. The van der Waals surface area contributed by atoms with Crippen molar-refractivity contribution in [3.05, 3.63) is 53.3 Å². The highest BCUT2D eigenvalue weighted by atomic mass is 35.5. The van der Waals surface area contributed by atoms with E-state index in [0.29, 0.717) is 18.3 Å². The largest absolute Gasteiger partial charge is 0.347 e. The van der Waals surface area contributed by atoms with E-state index < -0.39 is 0 Å². The molecule has 1 unspecified atom stereocenters. The zero-order chi connectivity index (χ0) is 19.9. The third kappa shape index (κ3) is 6.30. The molecule has 0 radical (unpaired) electrons. The van der Waals surface area contributed by atoms with Gasteiger partial charge < -0.3 is 10.6 Å². The first kappa shape index (κ1) is 22.8. The lowest BCUT2D eigenvalue weighted by atomic mass is 10.1. The maximum atomic E-state index is 12.5. The molecule has 2 fully saturated rings. The number of amides is 1. The average Bonchev–Trinajstić information content (AvgIpc) is 3.12. The lowest BCUT2D eigenvalue weighted by Gasteiger charge is -2.22. The van der Waals surface area contributed by atoms with Gasteiger partial charge in [0.15, 0.2) is 0 Å². The first-order valence-electron chi connectivity index (χ1n) is 11.1. The van der Waals surface area contributed by atoms with Crippen LogP contribution in [0, 0.1) is 0 Å². The zero-order valence-electron chi connectivity index (χ0n) is 17.7. The van der Waals surface area contributed by atoms with Gasteiger partial charge in [-0.05, 0) is 62.5 Å². The number of hydrogen-bond donors (Lipinski definition) is 2. The monoisotopic (exact) mass is 431 g/mol. The van der Waals surface area contributed by atoms with E-state index in [2.05, 4.69) is 44.9 Å². The maximum absolute atomic E-state index is 12.5. The number of benzene rings is 1. The third-order valence-electron chi connectivity index (χ3n) is 6.04. The van der Waals surface area contributed by atoms with Crippen molar-refractivity contribution in [3.8, 4) is 0 Å². The molecule has 2 N–H and O–H groups in total. The van der Waals surface area contributed by atoms with Crippen LogP contribution in [0.15, 0.2) is 36.5 Å². The van der Waals surface area contributed by atoms with Gasteiger partial charge in [0, 0.05) is 25.8 Å². The van der Waals surface area contributed by atoms with Crippen molar-refractivity contribution in [1.82, 2.24) is 25.3 Å². The second-order valence-electron chi connectivity index (χ2n) is 8.37. The van der Waals surface area contributed by atoms with Crippen molar-refractivity contribution in [2.75, 3.05) is 26.2 Å². The number of rotatable bonds is 6. The Morgan fingerprint density at radius 3 is 2.67 bits per heavy atom. The predicted octanol–water partition coefficient (Wildman–Crippen LogP) is 3.54. The van der Waals surface area contributed by atoms with Crippen molar-refractivity contribution in [2.45, 2.75) is 57.7 Å². The Hall–Kier alpha value is -1.89. The lowest BCUT2D eigenvalue weighted by Crippen LogP contribution is -2.32. The normalized spacial score (nSPS) is 20.2. The zero-order valence-corrected chi connectivity index (χ0v) is 18.5. The van der Waals surface area contributed by atoms with Crippen LogP contribution in [0.5, 0.6) is 0 Å². The summed E-state index contributed by atoms with van der Waals surface area (Å²) in [6.07, 6.45) is 9.51. The number of piperidine rings is 1. The van der Waals surface area contributed by atoms with E-state index in [4.69, 9.17) is 0 Å². The summed E-state index contributed by atoms with van der Waals surface area (Å²) in [7, 11) is 0. The number of carbonyl (C=O) groups is 1. The number of likely N-dealkylation sites (tertiary alicyclic amines) is 1. The molecule has 2 aliphatic rings. The van der Waals surface area contributed by atoms with Crippen LogP contribution in [-0.4, -0.2) is 46.8 Å². The van der Waals surface area contributed by atoms with Gasteiger partial charge >= 0.3 is 0 Å². The van der Waals surface area contributed by atoms with Crippen molar-refractivity contribution >= 4 is 18.3 Å². The van der Waals surface area contributed by atoms with Crippen molar-refractivity contribution in [1.29, 1.82) is 0 Å². The first-order valence-corrected chi connectivity index (χ1v) is 11.1. The van der Waals surface area contributed by atoms with Crippen molar-refractivity contribution < 1.29 is 4.79 Å². The van der Waals surface area contributed by atoms with E-state index in [1.807, 2.05) is 16.9 Å². The van der Waals surface area contributed by atoms with Crippen LogP contribution in [-0.2, 0) is 13.1 Å². The minimum atomic E-state index is -0.106. The van der Waals surface area contributed by atoms with Gasteiger partial charge in [-0.2, -0.15) is 5.10 Å². The molecule has 4 rings (SSSR count). The molecule has 0 saturated carbocycles. The molecule has 6 nitrogen and oxygen atoms in total. The maximum Gasteiger partial charge on any atom is 0.272 e. The van der Waals surface area contributed by atoms with Crippen LogP contribution in [0.3, 0.4) is 0 Å². The van der Waals surface area contributed by atoms with E-state index in [0.717, 1.165) is 38.0 Å². The first-order chi connectivity index (χ1) is 14.3. The summed E-state index contributed by atoms with van der Waals surface area (Å²) < 4.78 is 1.93. The molecule has 30 heavy (non-hydrogen) atoms. The minimum Gasteiger partial charge on any atom is -0.347 e. The highest BCUT2D eigenvalue weighted by Gasteiger charge is 2.17. The van der Waals surface area contributed by atoms with Crippen LogP contribution >= 0.6 is 12.4 Å². The fourth-order valence-electron chi connectivity index (χ4n) is 4.39. The number of aromatic nitrogens is 2. The van der Waals surface area contributed by atoms with Gasteiger partial charge in [-0.3, -0.25) is 14.4 Å². The third-order valence-corrected chi connectivity index (χ3v) is 6.04. The molecule has 2 aliphatic heterocycles. The Balaban J connectivity index is 0.00000256. The van der Waals surface area contributed by atoms with E-state index in [1.54, 1.807) is 0 Å². The molecule has 1 aromatic carbocycles. The van der Waals surface area contributed by atoms with E-state index >= 15 is 0 Å².